The molecule has 0 bridgehead atoms. The van der Waals surface area contributed by atoms with E-state index in [2.05, 4.69) is 10.2 Å². The van der Waals surface area contributed by atoms with Gasteiger partial charge in [0, 0.05) is 18.8 Å². The van der Waals surface area contributed by atoms with Crippen LogP contribution in [0.25, 0.3) is 0 Å². The summed E-state index contributed by atoms with van der Waals surface area (Å²) in [7, 11) is 0. The normalized spacial score (nSPS) is 24.2. The molecule has 0 saturated carbocycles. The number of anilines is 1. The number of aryl methyl sites for hydroxylation is 1. The van der Waals surface area contributed by atoms with E-state index >= 15 is 0 Å². The Balaban J connectivity index is 1.85. The largest absolute Gasteiger partial charge is 0.373 e. The van der Waals surface area contributed by atoms with E-state index in [1.165, 1.54) is 5.56 Å². The van der Waals surface area contributed by atoms with E-state index in [1.54, 1.807) is 0 Å². The standard InChI is InChI=1S/C15H22N2O2/c1-11-4-6-14(7-5-11)16-15(18)10-17-8-12(2)19-13(3)9-17/h4-7,12-13H,8-10H2,1-3H3,(H,16,18). The second-order valence-electron chi connectivity index (χ2n) is 5.37. The number of hydrogen-bond acceptors (Lipinski definition) is 3. The monoisotopic (exact) mass is 262 g/mol. The first-order valence-corrected chi connectivity index (χ1v) is 6.77. The lowest BCUT2D eigenvalue weighted by atomic mass is 10.2. The highest BCUT2D eigenvalue weighted by Gasteiger charge is 2.23. The van der Waals surface area contributed by atoms with Gasteiger partial charge in [0.25, 0.3) is 0 Å². The van der Waals surface area contributed by atoms with Crippen LogP contribution in [0, 0.1) is 6.92 Å². The van der Waals surface area contributed by atoms with Crippen molar-refractivity contribution in [3.8, 4) is 0 Å². The number of ether oxygens (including phenoxy) is 1. The molecule has 1 aliphatic rings. The molecule has 1 amide bonds. The van der Waals surface area contributed by atoms with E-state index in [9.17, 15) is 4.79 Å². The Morgan fingerprint density at radius 1 is 1.26 bits per heavy atom. The topological polar surface area (TPSA) is 41.6 Å². The Kier molecular flexibility index (Phi) is 4.56. The van der Waals surface area contributed by atoms with E-state index in [0.717, 1.165) is 18.8 Å². The molecule has 1 aromatic carbocycles. The highest BCUT2D eigenvalue weighted by Crippen LogP contribution is 2.12. The van der Waals surface area contributed by atoms with Crippen molar-refractivity contribution >= 4 is 11.6 Å². The molecular weight excluding hydrogens is 240 g/mol. The third-order valence-corrected chi connectivity index (χ3v) is 3.20. The van der Waals surface area contributed by atoms with Crippen LogP contribution in [0.2, 0.25) is 0 Å². The zero-order valence-electron chi connectivity index (χ0n) is 11.8. The molecule has 0 spiro atoms. The van der Waals surface area contributed by atoms with Crippen molar-refractivity contribution in [3.63, 3.8) is 0 Å². The van der Waals surface area contributed by atoms with Gasteiger partial charge < -0.3 is 10.1 Å². The van der Waals surface area contributed by atoms with Crippen molar-refractivity contribution in [2.24, 2.45) is 0 Å². The minimum atomic E-state index is 0.0325. The van der Waals surface area contributed by atoms with Gasteiger partial charge in [0.1, 0.15) is 0 Å². The van der Waals surface area contributed by atoms with Gasteiger partial charge in [-0.25, -0.2) is 0 Å². The summed E-state index contributed by atoms with van der Waals surface area (Å²) < 4.78 is 5.66. The molecule has 2 unspecified atom stereocenters. The first kappa shape index (κ1) is 14.0. The van der Waals surface area contributed by atoms with Crippen molar-refractivity contribution in [1.82, 2.24) is 4.90 Å². The molecule has 1 saturated heterocycles. The van der Waals surface area contributed by atoms with Crippen LogP contribution >= 0.6 is 0 Å². The average Bonchev–Trinajstić information content (AvgIpc) is 2.30. The van der Waals surface area contributed by atoms with E-state index < -0.39 is 0 Å². The highest BCUT2D eigenvalue weighted by molar-refractivity contribution is 5.92. The molecule has 1 aromatic rings. The first-order valence-electron chi connectivity index (χ1n) is 6.77. The highest BCUT2D eigenvalue weighted by atomic mass is 16.5. The minimum absolute atomic E-state index is 0.0325. The Morgan fingerprint density at radius 2 is 1.84 bits per heavy atom. The Labute approximate surface area is 114 Å². The second-order valence-corrected chi connectivity index (χ2v) is 5.37. The first-order chi connectivity index (χ1) is 9.02. The molecule has 4 nitrogen and oxygen atoms in total. The van der Waals surface area contributed by atoms with Crippen LogP contribution in [0.15, 0.2) is 24.3 Å². The third-order valence-electron chi connectivity index (χ3n) is 3.20. The molecule has 1 heterocycles. The quantitative estimate of drug-likeness (QED) is 0.906. The predicted octanol–water partition coefficient (Wildman–Crippen LogP) is 2.04. The minimum Gasteiger partial charge on any atom is -0.373 e. The summed E-state index contributed by atoms with van der Waals surface area (Å²) in [6.45, 7) is 8.16. The summed E-state index contributed by atoms with van der Waals surface area (Å²) in [5.74, 6) is 0.0325. The summed E-state index contributed by atoms with van der Waals surface area (Å²) in [6.07, 6.45) is 0.381. The molecular formula is C15H22N2O2. The maximum absolute atomic E-state index is 12.0. The predicted molar refractivity (Wildman–Crippen MR) is 76.3 cm³/mol. The van der Waals surface area contributed by atoms with Crippen LogP contribution in [-0.2, 0) is 9.53 Å². The average molecular weight is 262 g/mol. The maximum Gasteiger partial charge on any atom is 0.238 e. The zero-order chi connectivity index (χ0) is 13.8. The second kappa shape index (κ2) is 6.17. The van der Waals surface area contributed by atoms with Crippen LogP contribution in [0.5, 0.6) is 0 Å². The van der Waals surface area contributed by atoms with Crippen LogP contribution in [0.1, 0.15) is 19.4 Å². The fraction of sp³-hybridized carbons (Fsp3) is 0.533. The summed E-state index contributed by atoms with van der Waals surface area (Å²) in [6, 6.07) is 7.85. The Hall–Kier alpha value is -1.39. The number of hydrogen-bond donors (Lipinski definition) is 1. The van der Waals surface area contributed by atoms with Gasteiger partial charge in [-0.1, -0.05) is 17.7 Å². The molecule has 0 aromatic heterocycles. The number of morpholine rings is 1. The van der Waals surface area contributed by atoms with Crippen LogP contribution in [0.3, 0.4) is 0 Å². The fourth-order valence-electron chi connectivity index (χ4n) is 2.45. The van der Waals surface area contributed by atoms with Crippen molar-refractivity contribution < 1.29 is 9.53 Å². The van der Waals surface area contributed by atoms with Crippen LogP contribution in [-0.4, -0.2) is 42.6 Å². The molecule has 0 aliphatic carbocycles. The van der Waals surface area contributed by atoms with Crippen molar-refractivity contribution in [3.05, 3.63) is 29.8 Å². The van der Waals surface area contributed by atoms with Gasteiger partial charge in [-0.05, 0) is 32.9 Å². The number of carbonyl (C=O) groups is 1. The molecule has 2 rings (SSSR count). The SMILES string of the molecule is Cc1ccc(NC(=O)CN2CC(C)OC(C)C2)cc1. The summed E-state index contributed by atoms with van der Waals surface area (Å²) in [4.78, 5) is 14.1. The molecule has 4 heteroatoms. The molecule has 2 atom stereocenters. The van der Waals surface area contributed by atoms with E-state index in [0.29, 0.717) is 6.54 Å². The lowest BCUT2D eigenvalue weighted by Gasteiger charge is -2.34. The lowest BCUT2D eigenvalue weighted by Crippen LogP contribution is -2.48. The number of rotatable bonds is 3. The zero-order valence-corrected chi connectivity index (χ0v) is 11.8. The molecule has 0 radical (unpaired) electrons. The van der Waals surface area contributed by atoms with E-state index in [4.69, 9.17) is 4.74 Å². The van der Waals surface area contributed by atoms with Crippen molar-refractivity contribution in [2.45, 2.75) is 33.0 Å². The fourth-order valence-corrected chi connectivity index (χ4v) is 2.45. The molecule has 1 fully saturated rings. The summed E-state index contributed by atoms with van der Waals surface area (Å²) in [5, 5.41) is 2.92. The lowest BCUT2D eigenvalue weighted by molar-refractivity contribution is -0.121. The number of benzene rings is 1. The Bertz CT molecular complexity index is 420. The number of nitrogens with zero attached hydrogens (tertiary/aromatic N) is 1. The van der Waals surface area contributed by atoms with Gasteiger partial charge in [-0.15, -0.1) is 0 Å². The number of amides is 1. The van der Waals surface area contributed by atoms with Gasteiger partial charge in [0.2, 0.25) is 5.91 Å². The molecule has 104 valence electrons. The van der Waals surface area contributed by atoms with Crippen molar-refractivity contribution in [1.29, 1.82) is 0 Å². The third kappa shape index (κ3) is 4.33. The van der Waals surface area contributed by atoms with E-state index in [-0.39, 0.29) is 18.1 Å². The molecule has 19 heavy (non-hydrogen) atoms. The van der Waals surface area contributed by atoms with Gasteiger partial charge in [0.05, 0.1) is 18.8 Å². The Morgan fingerprint density at radius 3 is 2.42 bits per heavy atom. The van der Waals surface area contributed by atoms with Gasteiger partial charge in [-0.2, -0.15) is 0 Å². The van der Waals surface area contributed by atoms with Gasteiger partial charge in [-0.3, -0.25) is 9.69 Å². The van der Waals surface area contributed by atoms with Crippen molar-refractivity contribution in [2.75, 3.05) is 25.0 Å². The van der Waals surface area contributed by atoms with Gasteiger partial charge in [0.15, 0.2) is 0 Å². The smallest absolute Gasteiger partial charge is 0.238 e. The maximum atomic E-state index is 12.0. The summed E-state index contributed by atoms with van der Waals surface area (Å²) in [5.41, 5.74) is 2.04. The number of nitrogens with one attached hydrogen (secondary N) is 1. The number of carbonyl (C=O) groups excluding carboxylic acids is 1. The van der Waals surface area contributed by atoms with Crippen LogP contribution < -0.4 is 5.32 Å². The van der Waals surface area contributed by atoms with Gasteiger partial charge >= 0.3 is 0 Å². The summed E-state index contributed by atoms with van der Waals surface area (Å²) >= 11 is 0. The molecule has 1 N–H and O–H groups in total. The van der Waals surface area contributed by atoms with E-state index in [1.807, 2.05) is 45.0 Å². The molecule has 1 aliphatic heterocycles. The van der Waals surface area contributed by atoms with Crippen LogP contribution in [0.4, 0.5) is 5.69 Å².